The molecule has 1 atom stereocenters. The second kappa shape index (κ2) is 8.26. The Bertz CT molecular complexity index is 1190. The zero-order valence-electron chi connectivity index (χ0n) is 17.8. The van der Waals surface area contributed by atoms with Crippen molar-refractivity contribution in [2.45, 2.75) is 12.8 Å². The first kappa shape index (κ1) is 21.0. The van der Waals surface area contributed by atoms with E-state index in [9.17, 15) is 8.42 Å². The van der Waals surface area contributed by atoms with Gasteiger partial charge in [0.15, 0.2) is 5.13 Å². The van der Waals surface area contributed by atoms with Gasteiger partial charge in [-0.3, -0.25) is 0 Å². The molecule has 0 amide bonds. The quantitative estimate of drug-likeness (QED) is 0.599. The zero-order chi connectivity index (χ0) is 22.3. The van der Waals surface area contributed by atoms with Gasteiger partial charge in [-0.2, -0.15) is 9.29 Å². The molecule has 168 valence electrons. The van der Waals surface area contributed by atoms with Crippen LogP contribution in [-0.4, -0.2) is 71.6 Å². The van der Waals surface area contributed by atoms with Gasteiger partial charge in [-0.05, 0) is 12.1 Å². The Balaban J connectivity index is 1.28. The molecule has 1 saturated heterocycles. The third-order valence-corrected chi connectivity index (χ3v) is 7.85. The van der Waals surface area contributed by atoms with E-state index in [1.165, 1.54) is 10.6 Å². The molecule has 2 aliphatic heterocycles. The molecule has 1 unspecified atom stereocenters. The molecule has 0 radical (unpaired) electrons. The Hall–Kier alpha value is -2.83. The monoisotopic (exact) mass is 472 g/mol. The van der Waals surface area contributed by atoms with Crippen molar-refractivity contribution in [2.24, 2.45) is 0 Å². The molecule has 1 fully saturated rings. The van der Waals surface area contributed by atoms with Crippen molar-refractivity contribution in [3.63, 3.8) is 0 Å². The smallest absolute Gasteiger partial charge is 0.230 e. The summed E-state index contributed by atoms with van der Waals surface area (Å²) in [7, 11) is -3.14. The van der Waals surface area contributed by atoms with Crippen LogP contribution in [0.15, 0.2) is 36.1 Å². The van der Waals surface area contributed by atoms with Gasteiger partial charge >= 0.3 is 0 Å². The van der Waals surface area contributed by atoms with Crippen molar-refractivity contribution in [3.8, 4) is 0 Å². The van der Waals surface area contributed by atoms with Crippen molar-refractivity contribution in [1.29, 1.82) is 0 Å². The molecule has 12 heteroatoms. The lowest BCUT2D eigenvalue weighted by Gasteiger charge is -2.34. The fourth-order valence-electron chi connectivity index (χ4n) is 4.02. The normalized spacial score (nSPS) is 19.2. The summed E-state index contributed by atoms with van der Waals surface area (Å²) in [5.41, 5.74) is 2.07. The molecule has 0 spiro atoms. The number of rotatable bonds is 5. The van der Waals surface area contributed by atoms with Gasteiger partial charge in [0.2, 0.25) is 16.0 Å². The van der Waals surface area contributed by atoms with E-state index in [4.69, 9.17) is 4.98 Å². The maximum absolute atomic E-state index is 11.7. The molecule has 5 heterocycles. The summed E-state index contributed by atoms with van der Waals surface area (Å²) in [5, 5.41) is 6.08. The highest BCUT2D eigenvalue weighted by Gasteiger charge is 2.30. The van der Waals surface area contributed by atoms with Gasteiger partial charge in [0.05, 0.1) is 18.1 Å². The predicted molar refractivity (Wildman–Crippen MR) is 126 cm³/mol. The molecular formula is C20H24N8O2S2. The lowest BCUT2D eigenvalue weighted by Crippen LogP contribution is -2.48. The molecule has 2 aliphatic rings. The second-order valence-electron chi connectivity index (χ2n) is 7.97. The summed E-state index contributed by atoms with van der Waals surface area (Å²) in [5.74, 6) is 2.35. The van der Waals surface area contributed by atoms with E-state index < -0.39 is 10.0 Å². The number of pyridine rings is 1. The Labute approximate surface area is 191 Å². The minimum atomic E-state index is -3.14. The highest BCUT2D eigenvalue weighted by molar-refractivity contribution is 7.88. The Kier molecular flexibility index (Phi) is 5.43. The number of fused-ring (bicyclic) bond motifs is 1. The van der Waals surface area contributed by atoms with E-state index in [-0.39, 0.29) is 0 Å². The van der Waals surface area contributed by atoms with Crippen molar-refractivity contribution >= 4 is 49.8 Å². The molecule has 0 bridgehead atoms. The first-order chi connectivity index (χ1) is 15.4. The Morgan fingerprint density at radius 1 is 1.09 bits per heavy atom. The van der Waals surface area contributed by atoms with Crippen LogP contribution in [0.1, 0.15) is 18.4 Å². The molecule has 0 aromatic carbocycles. The molecule has 0 aliphatic carbocycles. The fraction of sp³-hybridized carbons (Fsp3) is 0.400. The lowest BCUT2D eigenvalue weighted by atomic mass is 10.1. The van der Waals surface area contributed by atoms with Gasteiger partial charge in [-0.1, -0.05) is 6.92 Å². The van der Waals surface area contributed by atoms with E-state index in [2.05, 4.69) is 37.0 Å². The van der Waals surface area contributed by atoms with Crippen LogP contribution in [0.25, 0.3) is 0 Å². The summed E-state index contributed by atoms with van der Waals surface area (Å²) >= 11 is 1.59. The number of thiazole rings is 1. The predicted octanol–water partition coefficient (Wildman–Crippen LogP) is 2.41. The average Bonchev–Trinajstić information content (AvgIpc) is 3.42. The van der Waals surface area contributed by atoms with Gasteiger partial charge in [-0.15, -0.1) is 11.3 Å². The number of aromatic nitrogens is 4. The first-order valence-corrected chi connectivity index (χ1v) is 13.1. The third kappa shape index (κ3) is 4.12. The maximum Gasteiger partial charge on any atom is 0.230 e. The molecule has 1 N–H and O–H groups in total. The van der Waals surface area contributed by atoms with E-state index in [1.807, 2.05) is 23.7 Å². The SMILES string of the molecule is CC1CN(c2nccs2)c2nc(Nc3ccc(N4CCN(S(C)(=O)=O)CC4)cn3)ncc21. The highest BCUT2D eigenvalue weighted by Crippen LogP contribution is 2.40. The van der Waals surface area contributed by atoms with E-state index in [0.717, 1.165) is 28.7 Å². The summed E-state index contributed by atoms with van der Waals surface area (Å²) in [4.78, 5) is 22.4. The van der Waals surface area contributed by atoms with Crippen LogP contribution in [-0.2, 0) is 10.0 Å². The van der Waals surface area contributed by atoms with Crippen molar-refractivity contribution < 1.29 is 8.42 Å². The summed E-state index contributed by atoms with van der Waals surface area (Å²) < 4.78 is 24.9. The zero-order valence-corrected chi connectivity index (χ0v) is 19.5. The summed E-state index contributed by atoms with van der Waals surface area (Å²) in [6.45, 7) is 5.24. The standard InChI is InChI=1S/C20H24N8O2S2/c1-14-13-28(20-21-5-10-31-20)18-16(14)12-23-19(25-18)24-17-4-3-15(11-22-17)26-6-8-27(9-7-26)32(2,29)30/h3-5,10-12,14H,6-9,13H2,1-2H3,(H,22,23,24,25). The number of anilines is 5. The third-order valence-electron chi connectivity index (χ3n) is 5.75. The maximum atomic E-state index is 11.7. The van der Waals surface area contributed by atoms with Gasteiger partial charge in [0, 0.05) is 62.0 Å². The minimum absolute atomic E-state index is 0.337. The topological polar surface area (TPSA) is 107 Å². The second-order valence-corrected chi connectivity index (χ2v) is 10.8. The molecule has 3 aromatic heterocycles. The van der Waals surface area contributed by atoms with Gasteiger partial charge in [-0.25, -0.2) is 23.4 Å². The van der Waals surface area contributed by atoms with Crippen molar-refractivity contribution in [3.05, 3.63) is 41.7 Å². The minimum Gasteiger partial charge on any atom is -0.368 e. The number of sulfonamides is 1. The summed E-state index contributed by atoms with van der Waals surface area (Å²) in [6.07, 6.45) is 6.71. The first-order valence-electron chi connectivity index (χ1n) is 10.4. The van der Waals surface area contributed by atoms with Gasteiger partial charge < -0.3 is 15.1 Å². The lowest BCUT2D eigenvalue weighted by molar-refractivity contribution is 0.388. The van der Waals surface area contributed by atoms with Gasteiger partial charge in [0.25, 0.3) is 0 Å². The highest BCUT2D eigenvalue weighted by atomic mass is 32.2. The van der Waals surface area contributed by atoms with Crippen LogP contribution in [0.4, 0.5) is 28.4 Å². The number of hydrogen-bond donors (Lipinski definition) is 1. The molecule has 0 saturated carbocycles. The van der Waals surface area contributed by atoms with Crippen LogP contribution in [0.2, 0.25) is 0 Å². The number of hydrogen-bond acceptors (Lipinski definition) is 10. The number of piperazine rings is 1. The van der Waals surface area contributed by atoms with Crippen LogP contribution in [0.5, 0.6) is 0 Å². The van der Waals surface area contributed by atoms with Crippen molar-refractivity contribution in [2.75, 3.05) is 54.1 Å². The van der Waals surface area contributed by atoms with Crippen LogP contribution in [0.3, 0.4) is 0 Å². The van der Waals surface area contributed by atoms with E-state index >= 15 is 0 Å². The van der Waals surface area contributed by atoms with E-state index in [0.29, 0.717) is 43.9 Å². The van der Waals surface area contributed by atoms with Gasteiger partial charge in [0.1, 0.15) is 11.6 Å². The Morgan fingerprint density at radius 3 is 2.56 bits per heavy atom. The van der Waals surface area contributed by atoms with Crippen LogP contribution < -0.4 is 15.1 Å². The molecule has 10 nitrogen and oxygen atoms in total. The largest absolute Gasteiger partial charge is 0.368 e. The number of nitrogens with zero attached hydrogens (tertiary/aromatic N) is 7. The fourth-order valence-corrected chi connectivity index (χ4v) is 5.50. The molecular weight excluding hydrogens is 448 g/mol. The summed E-state index contributed by atoms with van der Waals surface area (Å²) in [6, 6.07) is 3.86. The van der Waals surface area contributed by atoms with Crippen molar-refractivity contribution in [1.82, 2.24) is 24.2 Å². The Morgan fingerprint density at radius 2 is 1.91 bits per heavy atom. The molecule has 5 rings (SSSR count). The molecule has 3 aromatic rings. The average molecular weight is 473 g/mol. The van der Waals surface area contributed by atoms with E-state index in [1.54, 1.807) is 23.7 Å². The van der Waals surface area contributed by atoms with Crippen LogP contribution >= 0.6 is 11.3 Å². The molecule has 32 heavy (non-hydrogen) atoms. The number of nitrogens with one attached hydrogen (secondary N) is 1. The van der Waals surface area contributed by atoms with Crippen LogP contribution in [0, 0.1) is 0 Å².